The molecule has 9 nitrogen and oxygen atoms in total. The molecule has 1 amide bonds. The number of fused-ring (bicyclic) bond motifs is 1. The second kappa shape index (κ2) is 11.0. The number of aromatic nitrogens is 2. The molecule has 0 bridgehead atoms. The van der Waals surface area contributed by atoms with Crippen LogP contribution in [0.3, 0.4) is 0 Å². The average Bonchev–Trinajstić information content (AvgIpc) is 2.89. The van der Waals surface area contributed by atoms with Crippen molar-refractivity contribution in [3.8, 4) is 17.7 Å². The molecule has 1 fully saturated rings. The molecular formula is C24H24Cl2N6O3. The minimum atomic E-state index is -0.462. The first-order valence-electron chi connectivity index (χ1n) is 11.2. The number of hydrogen-bond acceptors (Lipinski definition) is 8. The quantitative estimate of drug-likeness (QED) is 0.315. The SMILES string of the molecule is C=NN(C(=O)/C(Cl)=C(\C)N1CCc2c(ncnc2Oc2cccc(C#N)c2Cl)C1)C1CCCCO1. The largest absolute Gasteiger partial charge is 0.437 e. The highest BCUT2D eigenvalue weighted by Crippen LogP contribution is 2.35. The predicted octanol–water partition coefficient (Wildman–Crippen LogP) is 4.59. The van der Waals surface area contributed by atoms with Gasteiger partial charge in [-0.05, 0) is 44.7 Å². The van der Waals surface area contributed by atoms with Crippen molar-refractivity contribution in [2.24, 2.45) is 5.10 Å². The molecule has 1 atom stereocenters. The number of benzene rings is 1. The van der Waals surface area contributed by atoms with E-state index in [1.54, 1.807) is 25.1 Å². The van der Waals surface area contributed by atoms with Crippen LogP contribution in [0.5, 0.6) is 11.6 Å². The Labute approximate surface area is 213 Å². The molecule has 3 heterocycles. The third kappa shape index (κ3) is 5.25. The third-order valence-corrected chi connectivity index (χ3v) is 6.85. The normalized spacial score (nSPS) is 18.1. The number of allylic oxidation sites excluding steroid dienone is 1. The van der Waals surface area contributed by atoms with Gasteiger partial charge in [-0.1, -0.05) is 29.3 Å². The molecule has 182 valence electrons. The molecule has 4 rings (SSSR count). The zero-order chi connectivity index (χ0) is 24.9. The van der Waals surface area contributed by atoms with Crippen molar-refractivity contribution in [2.45, 2.75) is 45.4 Å². The standard InChI is InChI=1S/C24H24Cl2N6O3/c1-15(21(25)24(33)32(28-2)20-8-3-4-11-34-20)31-10-9-17-18(13-31)29-14-30-23(17)35-19-7-5-6-16(12-27)22(19)26/h5-7,14,20H,2-4,8-11,13H2,1H3/b21-15-. The average molecular weight is 515 g/mol. The molecule has 0 spiro atoms. The highest BCUT2D eigenvalue weighted by atomic mass is 35.5. The summed E-state index contributed by atoms with van der Waals surface area (Å²) in [5.74, 6) is 0.281. The highest BCUT2D eigenvalue weighted by molar-refractivity contribution is 6.42. The van der Waals surface area contributed by atoms with Crippen LogP contribution in [0, 0.1) is 11.3 Å². The van der Waals surface area contributed by atoms with Crippen molar-refractivity contribution < 1.29 is 14.3 Å². The van der Waals surface area contributed by atoms with E-state index in [2.05, 4.69) is 21.8 Å². The molecule has 2 aromatic rings. The van der Waals surface area contributed by atoms with Crippen molar-refractivity contribution in [3.63, 3.8) is 0 Å². The Morgan fingerprint density at radius 3 is 2.94 bits per heavy atom. The summed E-state index contributed by atoms with van der Waals surface area (Å²) in [5.41, 5.74) is 2.51. The predicted molar refractivity (Wildman–Crippen MR) is 131 cm³/mol. The Morgan fingerprint density at radius 2 is 2.23 bits per heavy atom. The van der Waals surface area contributed by atoms with E-state index in [1.807, 2.05) is 11.0 Å². The number of nitriles is 1. The fourth-order valence-electron chi connectivity index (χ4n) is 4.08. The molecule has 0 N–H and O–H groups in total. The van der Waals surface area contributed by atoms with Crippen LogP contribution in [0.15, 0.2) is 40.4 Å². The summed E-state index contributed by atoms with van der Waals surface area (Å²) < 4.78 is 11.6. The van der Waals surface area contributed by atoms with Crippen molar-refractivity contribution in [2.75, 3.05) is 13.2 Å². The highest BCUT2D eigenvalue weighted by Gasteiger charge is 2.30. The van der Waals surface area contributed by atoms with Gasteiger partial charge in [-0.15, -0.1) is 0 Å². The molecule has 35 heavy (non-hydrogen) atoms. The molecule has 0 radical (unpaired) electrons. The Morgan fingerprint density at radius 1 is 1.40 bits per heavy atom. The van der Waals surface area contributed by atoms with Crippen LogP contribution < -0.4 is 4.74 Å². The summed E-state index contributed by atoms with van der Waals surface area (Å²) in [6.45, 7) is 6.87. The molecule has 0 saturated carbocycles. The monoisotopic (exact) mass is 514 g/mol. The van der Waals surface area contributed by atoms with E-state index in [0.29, 0.717) is 55.4 Å². The van der Waals surface area contributed by atoms with Gasteiger partial charge in [0.15, 0.2) is 6.23 Å². The lowest BCUT2D eigenvalue weighted by Crippen LogP contribution is -2.41. The first-order chi connectivity index (χ1) is 16.9. The number of halogens is 2. The Bertz CT molecular complexity index is 1210. The lowest BCUT2D eigenvalue weighted by atomic mass is 10.1. The number of nitrogens with zero attached hydrogens (tertiary/aromatic N) is 6. The van der Waals surface area contributed by atoms with Crippen molar-refractivity contribution in [1.82, 2.24) is 19.9 Å². The summed E-state index contributed by atoms with van der Waals surface area (Å²) in [6.07, 6.45) is 4.10. The van der Waals surface area contributed by atoms with Crippen LogP contribution in [0.1, 0.15) is 43.0 Å². The Hall–Kier alpha value is -3.19. The molecule has 2 aliphatic rings. The van der Waals surface area contributed by atoms with E-state index in [9.17, 15) is 10.1 Å². The first-order valence-corrected chi connectivity index (χ1v) is 11.9. The third-order valence-electron chi connectivity index (χ3n) is 6.03. The molecule has 2 aliphatic heterocycles. The summed E-state index contributed by atoms with van der Waals surface area (Å²) in [6, 6.07) is 7.03. The molecule has 11 heteroatoms. The number of hydrazone groups is 1. The van der Waals surface area contributed by atoms with Crippen LogP contribution in [-0.2, 0) is 22.5 Å². The number of hydrogen-bond donors (Lipinski definition) is 0. The number of carbonyl (C=O) groups excluding carboxylic acids is 1. The van der Waals surface area contributed by atoms with Gasteiger partial charge in [-0.2, -0.15) is 10.4 Å². The second-order valence-electron chi connectivity index (χ2n) is 8.12. The first kappa shape index (κ1) is 24.9. The summed E-state index contributed by atoms with van der Waals surface area (Å²) in [7, 11) is 0. The second-order valence-corrected chi connectivity index (χ2v) is 8.87. The van der Waals surface area contributed by atoms with E-state index in [4.69, 9.17) is 32.7 Å². The smallest absolute Gasteiger partial charge is 0.289 e. The van der Waals surface area contributed by atoms with Crippen LogP contribution in [-0.4, -0.2) is 51.9 Å². The van der Waals surface area contributed by atoms with Gasteiger partial charge in [0.1, 0.15) is 28.2 Å². The Balaban J connectivity index is 1.53. The number of carbonyl (C=O) groups is 1. The molecule has 0 aliphatic carbocycles. The molecule has 1 aromatic heterocycles. The zero-order valence-electron chi connectivity index (χ0n) is 19.2. The lowest BCUT2D eigenvalue weighted by Gasteiger charge is -2.33. The van der Waals surface area contributed by atoms with E-state index in [1.165, 1.54) is 11.3 Å². The van der Waals surface area contributed by atoms with Gasteiger partial charge in [-0.25, -0.2) is 15.0 Å². The van der Waals surface area contributed by atoms with Crippen LogP contribution in [0.4, 0.5) is 0 Å². The molecule has 1 unspecified atom stereocenters. The summed E-state index contributed by atoms with van der Waals surface area (Å²) in [5, 5.41) is 14.6. The molecule has 1 saturated heterocycles. The van der Waals surface area contributed by atoms with Gasteiger partial charge in [0.05, 0.1) is 17.8 Å². The van der Waals surface area contributed by atoms with Gasteiger partial charge in [0.25, 0.3) is 5.91 Å². The lowest BCUT2D eigenvalue weighted by molar-refractivity contribution is -0.146. The van der Waals surface area contributed by atoms with Crippen molar-refractivity contribution >= 4 is 35.8 Å². The van der Waals surface area contributed by atoms with Crippen LogP contribution in [0.25, 0.3) is 0 Å². The van der Waals surface area contributed by atoms with Crippen molar-refractivity contribution in [3.05, 3.63) is 57.1 Å². The van der Waals surface area contributed by atoms with Gasteiger partial charge in [-0.3, -0.25) is 4.79 Å². The van der Waals surface area contributed by atoms with Gasteiger partial charge in [0.2, 0.25) is 5.88 Å². The van der Waals surface area contributed by atoms with E-state index in [-0.39, 0.29) is 10.1 Å². The number of amides is 1. The van der Waals surface area contributed by atoms with Crippen molar-refractivity contribution in [1.29, 1.82) is 5.26 Å². The maximum absolute atomic E-state index is 13.1. The number of rotatable bonds is 6. The molecule has 1 aromatic carbocycles. The number of ether oxygens (including phenoxy) is 2. The minimum absolute atomic E-state index is 0.0562. The van der Waals surface area contributed by atoms with Gasteiger partial charge < -0.3 is 14.4 Å². The van der Waals surface area contributed by atoms with Crippen LogP contribution >= 0.6 is 23.2 Å². The fourth-order valence-corrected chi connectivity index (χ4v) is 4.49. The maximum Gasteiger partial charge on any atom is 0.289 e. The minimum Gasteiger partial charge on any atom is -0.437 e. The van der Waals surface area contributed by atoms with E-state index >= 15 is 0 Å². The van der Waals surface area contributed by atoms with Gasteiger partial charge >= 0.3 is 0 Å². The molecular weight excluding hydrogens is 491 g/mol. The van der Waals surface area contributed by atoms with E-state index in [0.717, 1.165) is 24.1 Å². The van der Waals surface area contributed by atoms with Crippen LogP contribution in [0.2, 0.25) is 5.02 Å². The Kier molecular flexibility index (Phi) is 7.86. The zero-order valence-corrected chi connectivity index (χ0v) is 20.7. The maximum atomic E-state index is 13.1. The van der Waals surface area contributed by atoms with E-state index < -0.39 is 12.1 Å². The topological polar surface area (TPSA) is 104 Å². The van der Waals surface area contributed by atoms with Gasteiger partial charge in [0, 0.05) is 31.1 Å². The summed E-state index contributed by atoms with van der Waals surface area (Å²) >= 11 is 12.8. The fraction of sp³-hybridized carbons (Fsp3) is 0.375. The summed E-state index contributed by atoms with van der Waals surface area (Å²) in [4.78, 5) is 23.7.